The van der Waals surface area contributed by atoms with Crippen molar-refractivity contribution in [3.63, 3.8) is 0 Å². The highest BCUT2D eigenvalue weighted by Crippen LogP contribution is 2.48. The van der Waals surface area contributed by atoms with Crippen LogP contribution in [0.1, 0.15) is 28.9 Å². The Hall–Kier alpha value is -4.28. The molecule has 3 aromatic carbocycles. The summed E-state index contributed by atoms with van der Waals surface area (Å²) in [6, 6.07) is 17.7. The molecule has 2 fully saturated rings. The van der Waals surface area contributed by atoms with Crippen molar-refractivity contribution >= 4 is 46.4 Å². The van der Waals surface area contributed by atoms with Gasteiger partial charge < -0.3 is 4.74 Å². The van der Waals surface area contributed by atoms with Crippen molar-refractivity contribution in [3.8, 4) is 0 Å². The highest BCUT2D eigenvalue weighted by atomic mass is 35.5. The van der Waals surface area contributed by atoms with Crippen LogP contribution in [0, 0.1) is 16.0 Å². The molecule has 2 amide bonds. The Morgan fingerprint density at radius 2 is 1.76 bits per heavy atom. The van der Waals surface area contributed by atoms with Crippen LogP contribution in [-0.2, 0) is 19.2 Å². The van der Waals surface area contributed by atoms with Gasteiger partial charge in [0.05, 0.1) is 34.5 Å². The quantitative estimate of drug-likeness (QED) is 0.202. The lowest BCUT2D eigenvalue weighted by molar-refractivity contribution is -0.384. The van der Waals surface area contributed by atoms with Crippen molar-refractivity contribution in [2.75, 3.05) is 16.6 Å². The average molecular weight is 522 g/mol. The molecular formula is C26H20ClN3O7. The van der Waals surface area contributed by atoms with E-state index in [1.165, 1.54) is 35.4 Å². The molecule has 10 nitrogen and oxygen atoms in total. The third-order valence-electron chi connectivity index (χ3n) is 6.23. The van der Waals surface area contributed by atoms with Crippen molar-refractivity contribution in [2.24, 2.45) is 5.92 Å². The topological polar surface area (TPSA) is 119 Å². The van der Waals surface area contributed by atoms with Crippen LogP contribution in [0.5, 0.6) is 0 Å². The summed E-state index contributed by atoms with van der Waals surface area (Å²) in [6.07, 6.45) is -1.18. The minimum absolute atomic E-state index is 0.159. The van der Waals surface area contributed by atoms with Gasteiger partial charge in [-0.2, -0.15) is 0 Å². The number of nitrogens with zero attached hydrogens (tertiary/aromatic N) is 3. The van der Waals surface area contributed by atoms with Gasteiger partial charge in [-0.25, -0.2) is 14.8 Å². The van der Waals surface area contributed by atoms with Crippen LogP contribution in [0.2, 0.25) is 5.02 Å². The first-order valence-electron chi connectivity index (χ1n) is 11.4. The van der Waals surface area contributed by atoms with Gasteiger partial charge in [-0.1, -0.05) is 29.8 Å². The number of hydrogen-bond donors (Lipinski definition) is 0. The zero-order valence-corrected chi connectivity index (χ0v) is 20.2. The van der Waals surface area contributed by atoms with Crippen LogP contribution >= 0.6 is 11.6 Å². The first kappa shape index (κ1) is 24.4. The third kappa shape index (κ3) is 4.30. The van der Waals surface area contributed by atoms with Gasteiger partial charge in [-0.05, 0) is 55.0 Å². The van der Waals surface area contributed by atoms with Gasteiger partial charge in [0.25, 0.3) is 11.6 Å². The van der Waals surface area contributed by atoms with E-state index in [1.54, 1.807) is 49.4 Å². The molecule has 2 heterocycles. The molecule has 0 N–H and O–H groups in total. The number of esters is 1. The molecule has 3 unspecified atom stereocenters. The summed E-state index contributed by atoms with van der Waals surface area (Å²) in [5.41, 5.74) is 1.19. The maximum Gasteiger partial charge on any atom is 0.338 e. The first-order valence-corrected chi connectivity index (χ1v) is 11.8. The van der Waals surface area contributed by atoms with Crippen molar-refractivity contribution in [1.82, 2.24) is 0 Å². The molecule has 37 heavy (non-hydrogen) atoms. The zero-order valence-electron chi connectivity index (χ0n) is 19.4. The number of nitro benzene ring substituents is 1. The van der Waals surface area contributed by atoms with E-state index >= 15 is 0 Å². The molecule has 3 atom stereocenters. The highest BCUT2D eigenvalue weighted by molar-refractivity contribution is 6.30. The van der Waals surface area contributed by atoms with E-state index in [0.717, 1.165) is 4.90 Å². The normalized spacial score (nSPS) is 20.8. The van der Waals surface area contributed by atoms with Gasteiger partial charge in [-0.15, -0.1) is 0 Å². The van der Waals surface area contributed by atoms with Crippen molar-refractivity contribution in [1.29, 1.82) is 0 Å². The van der Waals surface area contributed by atoms with E-state index in [9.17, 15) is 24.5 Å². The summed E-state index contributed by atoms with van der Waals surface area (Å²) in [6.45, 7) is 1.85. The number of rotatable bonds is 6. The Morgan fingerprint density at radius 3 is 2.46 bits per heavy atom. The molecule has 2 saturated heterocycles. The monoisotopic (exact) mass is 521 g/mol. The van der Waals surface area contributed by atoms with E-state index in [1.807, 2.05) is 0 Å². The average Bonchev–Trinajstić information content (AvgIpc) is 3.40. The number of benzene rings is 3. The number of carbonyl (C=O) groups excluding carboxylic acids is 3. The fraction of sp³-hybridized carbons (Fsp3) is 0.192. The SMILES string of the molecule is CCOC(=O)c1cccc(N2C(=O)C3ON(c4ccc(Cl)cc4)C(c4cccc([N+](=O)[O-])c4)C3C2=O)c1. The fourth-order valence-electron chi connectivity index (χ4n) is 4.63. The number of hydrogen-bond acceptors (Lipinski definition) is 8. The van der Waals surface area contributed by atoms with Crippen LogP contribution in [0.3, 0.4) is 0 Å². The molecule has 2 aliphatic rings. The summed E-state index contributed by atoms with van der Waals surface area (Å²) >= 11 is 6.03. The minimum Gasteiger partial charge on any atom is -0.462 e. The summed E-state index contributed by atoms with van der Waals surface area (Å²) in [5.74, 6) is -2.74. The van der Waals surface area contributed by atoms with E-state index in [2.05, 4.69) is 0 Å². The number of halogens is 1. The molecule has 0 aromatic heterocycles. The number of imide groups is 1. The minimum atomic E-state index is -1.18. The van der Waals surface area contributed by atoms with Crippen LogP contribution in [-0.4, -0.2) is 35.4 Å². The van der Waals surface area contributed by atoms with Crippen LogP contribution in [0.15, 0.2) is 72.8 Å². The second-order valence-corrected chi connectivity index (χ2v) is 8.87. The van der Waals surface area contributed by atoms with Crippen LogP contribution in [0.25, 0.3) is 0 Å². The number of anilines is 2. The third-order valence-corrected chi connectivity index (χ3v) is 6.49. The summed E-state index contributed by atoms with van der Waals surface area (Å²) < 4.78 is 5.03. The maximum absolute atomic E-state index is 13.8. The number of carbonyl (C=O) groups is 3. The molecule has 0 bridgehead atoms. The molecule has 0 saturated carbocycles. The van der Waals surface area contributed by atoms with E-state index in [4.69, 9.17) is 21.2 Å². The Kier molecular flexibility index (Phi) is 6.36. The van der Waals surface area contributed by atoms with Gasteiger partial charge in [0.1, 0.15) is 5.92 Å². The lowest BCUT2D eigenvalue weighted by Gasteiger charge is -2.28. The molecule has 0 aliphatic carbocycles. The molecule has 5 rings (SSSR count). The summed E-state index contributed by atoms with van der Waals surface area (Å²) in [7, 11) is 0. The fourth-order valence-corrected chi connectivity index (χ4v) is 4.75. The first-order chi connectivity index (χ1) is 17.8. The lowest BCUT2D eigenvalue weighted by atomic mass is 9.90. The molecule has 0 spiro atoms. The lowest BCUT2D eigenvalue weighted by Crippen LogP contribution is -2.37. The smallest absolute Gasteiger partial charge is 0.338 e. The Bertz CT molecular complexity index is 1410. The largest absolute Gasteiger partial charge is 0.462 e. The number of ether oxygens (including phenoxy) is 1. The second-order valence-electron chi connectivity index (χ2n) is 8.43. The van der Waals surface area contributed by atoms with E-state index in [0.29, 0.717) is 16.3 Å². The van der Waals surface area contributed by atoms with E-state index in [-0.39, 0.29) is 23.5 Å². The molecule has 2 aliphatic heterocycles. The van der Waals surface area contributed by atoms with Crippen molar-refractivity contribution < 1.29 is 28.9 Å². The van der Waals surface area contributed by atoms with Gasteiger partial charge >= 0.3 is 5.97 Å². The molecule has 3 aromatic rings. The molecular weight excluding hydrogens is 502 g/mol. The molecule has 11 heteroatoms. The van der Waals surface area contributed by atoms with Gasteiger partial charge in [0.15, 0.2) is 6.10 Å². The van der Waals surface area contributed by atoms with Crippen LogP contribution in [0.4, 0.5) is 17.1 Å². The highest BCUT2D eigenvalue weighted by Gasteiger charge is 2.60. The number of nitro groups is 1. The standard InChI is InChI=1S/C26H20ClN3O7/c1-2-36-26(33)16-6-4-7-19(14-16)28-24(31)21-22(15-5-3-8-20(13-15)30(34)35)29(37-23(21)25(28)32)18-11-9-17(27)10-12-18/h3-14,21-23H,2H2,1H3. The number of hydroxylamine groups is 1. The molecule has 188 valence electrons. The summed E-state index contributed by atoms with van der Waals surface area (Å²) in [4.78, 5) is 57.4. The Morgan fingerprint density at radius 1 is 1.03 bits per heavy atom. The van der Waals surface area contributed by atoms with Gasteiger partial charge in [0.2, 0.25) is 5.91 Å². The maximum atomic E-state index is 13.8. The molecule has 0 radical (unpaired) electrons. The Balaban J connectivity index is 1.56. The van der Waals surface area contributed by atoms with Crippen molar-refractivity contribution in [2.45, 2.75) is 19.1 Å². The summed E-state index contributed by atoms with van der Waals surface area (Å²) in [5, 5.41) is 13.4. The van der Waals surface area contributed by atoms with Crippen molar-refractivity contribution in [3.05, 3.63) is 99.1 Å². The van der Waals surface area contributed by atoms with E-state index < -0.39 is 40.8 Å². The Labute approximate surface area is 216 Å². The van der Waals surface area contributed by atoms with Crippen LogP contribution < -0.4 is 9.96 Å². The van der Waals surface area contributed by atoms with Gasteiger partial charge in [0, 0.05) is 17.2 Å². The predicted molar refractivity (Wildman–Crippen MR) is 133 cm³/mol. The second kappa shape index (κ2) is 9.64. The predicted octanol–water partition coefficient (Wildman–Crippen LogP) is 4.48. The zero-order chi connectivity index (χ0) is 26.3. The van der Waals surface area contributed by atoms with Gasteiger partial charge in [-0.3, -0.25) is 24.5 Å². The number of fused-ring (bicyclic) bond motifs is 1. The number of amides is 2. The number of non-ortho nitro benzene ring substituents is 1.